The molecular formula is C21H19N3O2S. The van der Waals surface area contributed by atoms with Crippen LogP contribution in [0.15, 0.2) is 60.0 Å². The number of nitrogens with one attached hydrogen (secondary N) is 2. The lowest BCUT2D eigenvalue weighted by Crippen LogP contribution is -2.23. The Morgan fingerprint density at radius 3 is 2.67 bits per heavy atom. The average molecular weight is 377 g/mol. The first-order chi connectivity index (χ1) is 13.2. The normalized spacial score (nSPS) is 13.2. The molecule has 27 heavy (non-hydrogen) atoms. The number of rotatable bonds is 6. The Morgan fingerprint density at radius 1 is 1.07 bits per heavy atom. The molecule has 0 atom stereocenters. The van der Waals surface area contributed by atoms with E-state index in [0.717, 1.165) is 29.1 Å². The molecule has 2 aromatic carbocycles. The van der Waals surface area contributed by atoms with Crippen LogP contribution in [0.3, 0.4) is 0 Å². The van der Waals surface area contributed by atoms with Crippen molar-refractivity contribution in [3.05, 3.63) is 70.5 Å². The molecule has 2 N–H and O–H groups in total. The Morgan fingerprint density at radius 2 is 1.89 bits per heavy atom. The Hall–Kier alpha value is -2.99. The summed E-state index contributed by atoms with van der Waals surface area (Å²) in [6.07, 6.45) is 1.90. The summed E-state index contributed by atoms with van der Waals surface area (Å²) in [5.74, 6) is -0.0241. The van der Waals surface area contributed by atoms with E-state index in [4.69, 9.17) is 0 Å². The molecule has 0 aliphatic heterocycles. The molecule has 5 nitrogen and oxygen atoms in total. The maximum atomic E-state index is 12.4. The first kappa shape index (κ1) is 17.4. The number of carbonyl (C=O) groups excluding carboxylic acids is 2. The summed E-state index contributed by atoms with van der Waals surface area (Å²) < 4.78 is 0. The molecular weight excluding hydrogens is 358 g/mol. The number of hydrogen-bond acceptors (Lipinski definition) is 4. The fraction of sp³-hybridized carbons (Fsp3) is 0.190. The molecule has 3 aromatic rings. The number of benzene rings is 2. The van der Waals surface area contributed by atoms with E-state index in [1.165, 1.54) is 11.3 Å². The molecule has 2 amide bonds. The van der Waals surface area contributed by atoms with E-state index in [9.17, 15) is 9.59 Å². The van der Waals surface area contributed by atoms with Gasteiger partial charge in [-0.2, -0.15) is 0 Å². The molecule has 0 bridgehead atoms. The van der Waals surface area contributed by atoms with E-state index >= 15 is 0 Å². The zero-order valence-electron chi connectivity index (χ0n) is 14.6. The van der Waals surface area contributed by atoms with Crippen LogP contribution in [0, 0.1) is 5.92 Å². The van der Waals surface area contributed by atoms with Crippen molar-refractivity contribution in [3.8, 4) is 11.3 Å². The van der Waals surface area contributed by atoms with E-state index in [1.807, 2.05) is 35.7 Å². The summed E-state index contributed by atoms with van der Waals surface area (Å²) in [5, 5.41) is 8.60. The van der Waals surface area contributed by atoms with Crippen molar-refractivity contribution in [1.82, 2.24) is 10.3 Å². The van der Waals surface area contributed by atoms with Crippen LogP contribution in [-0.2, 0) is 11.3 Å². The molecule has 0 spiro atoms. The van der Waals surface area contributed by atoms with Gasteiger partial charge in [0, 0.05) is 28.1 Å². The van der Waals surface area contributed by atoms with Gasteiger partial charge >= 0.3 is 0 Å². The number of hydrogen-bond donors (Lipinski definition) is 2. The highest BCUT2D eigenvalue weighted by atomic mass is 32.1. The molecule has 6 heteroatoms. The lowest BCUT2D eigenvalue weighted by atomic mass is 10.2. The lowest BCUT2D eigenvalue weighted by molar-refractivity contribution is -0.117. The van der Waals surface area contributed by atoms with Crippen molar-refractivity contribution >= 4 is 28.8 Å². The quantitative estimate of drug-likeness (QED) is 0.680. The zero-order chi connectivity index (χ0) is 18.6. The third-order valence-corrected chi connectivity index (χ3v) is 5.21. The summed E-state index contributed by atoms with van der Waals surface area (Å²) in [4.78, 5) is 28.9. The van der Waals surface area contributed by atoms with E-state index in [2.05, 4.69) is 15.6 Å². The van der Waals surface area contributed by atoms with Gasteiger partial charge < -0.3 is 10.6 Å². The fourth-order valence-electron chi connectivity index (χ4n) is 2.72. The molecule has 0 radical (unpaired) electrons. The standard InChI is InChI=1S/C21H19N3O2S/c25-20(16-7-4-8-17(11-16)23-21(26)15-9-10-15)22-12-19-24-18(13-27-19)14-5-2-1-3-6-14/h1-8,11,13,15H,9-10,12H2,(H,22,25)(H,23,26). The Kier molecular flexibility index (Phi) is 4.98. The van der Waals surface area contributed by atoms with Crippen molar-refractivity contribution in [2.45, 2.75) is 19.4 Å². The van der Waals surface area contributed by atoms with Gasteiger partial charge in [-0.25, -0.2) is 4.98 Å². The minimum atomic E-state index is -0.186. The number of aromatic nitrogens is 1. The second-order valence-electron chi connectivity index (χ2n) is 6.52. The van der Waals surface area contributed by atoms with Crippen molar-refractivity contribution < 1.29 is 9.59 Å². The van der Waals surface area contributed by atoms with Gasteiger partial charge in [0.1, 0.15) is 5.01 Å². The summed E-state index contributed by atoms with van der Waals surface area (Å²) in [5.41, 5.74) is 3.14. The third-order valence-electron chi connectivity index (χ3n) is 4.36. The van der Waals surface area contributed by atoms with Crippen LogP contribution in [0.5, 0.6) is 0 Å². The van der Waals surface area contributed by atoms with Crippen LogP contribution in [0.2, 0.25) is 0 Å². The van der Waals surface area contributed by atoms with Crippen molar-refractivity contribution in [3.63, 3.8) is 0 Å². The van der Waals surface area contributed by atoms with Gasteiger partial charge in [0.05, 0.1) is 12.2 Å². The van der Waals surface area contributed by atoms with E-state index in [0.29, 0.717) is 17.8 Å². The van der Waals surface area contributed by atoms with E-state index < -0.39 is 0 Å². The van der Waals surface area contributed by atoms with Crippen LogP contribution >= 0.6 is 11.3 Å². The molecule has 0 saturated heterocycles. The maximum absolute atomic E-state index is 12.4. The van der Waals surface area contributed by atoms with Crippen LogP contribution in [0.25, 0.3) is 11.3 Å². The van der Waals surface area contributed by atoms with Gasteiger partial charge in [-0.3, -0.25) is 9.59 Å². The molecule has 1 aromatic heterocycles. The Bertz CT molecular complexity index is 964. The number of thiazole rings is 1. The van der Waals surface area contributed by atoms with Gasteiger partial charge in [0.15, 0.2) is 0 Å². The number of anilines is 1. The molecule has 0 unspecified atom stereocenters. The predicted octanol–water partition coefficient (Wildman–Crippen LogP) is 4.09. The minimum Gasteiger partial charge on any atom is -0.346 e. The van der Waals surface area contributed by atoms with Gasteiger partial charge in [0.25, 0.3) is 5.91 Å². The molecule has 1 aliphatic carbocycles. The average Bonchev–Trinajstić information content (AvgIpc) is 3.45. The van der Waals surface area contributed by atoms with Crippen LogP contribution < -0.4 is 10.6 Å². The Balaban J connectivity index is 1.37. The zero-order valence-corrected chi connectivity index (χ0v) is 15.5. The summed E-state index contributed by atoms with van der Waals surface area (Å²) >= 11 is 1.52. The molecule has 136 valence electrons. The monoisotopic (exact) mass is 377 g/mol. The highest BCUT2D eigenvalue weighted by Gasteiger charge is 2.29. The second kappa shape index (κ2) is 7.72. The highest BCUT2D eigenvalue weighted by molar-refractivity contribution is 7.09. The van der Waals surface area contributed by atoms with Crippen molar-refractivity contribution in [1.29, 1.82) is 0 Å². The SMILES string of the molecule is O=C(NCc1nc(-c2ccccc2)cs1)c1cccc(NC(=O)C2CC2)c1. The first-order valence-electron chi connectivity index (χ1n) is 8.88. The molecule has 1 aliphatic rings. The van der Waals surface area contributed by atoms with Gasteiger partial charge in [-0.05, 0) is 31.0 Å². The first-order valence-corrected chi connectivity index (χ1v) is 9.76. The largest absolute Gasteiger partial charge is 0.346 e. The fourth-order valence-corrected chi connectivity index (χ4v) is 3.46. The van der Waals surface area contributed by atoms with Gasteiger partial charge in [0.2, 0.25) is 5.91 Å². The van der Waals surface area contributed by atoms with Crippen LogP contribution in [0.4, 0.5) is 5.69 Å². The summed E-state index contributed by atoms with van der Waals surface area (Å²) in [7, 11) is 0. The van der Waals surface area contributed by atoms with Crippen molar-refractivity contribution in [2.75, 3.05) is 5.32 Å². The molecule has 1 heterocycles. The van der Waals surface area contributed by atoms with E-state index in [1.54, 1.807) is 24.3 Å². The smallest absolute Gasteiger partial charge is 0.251 e. The van der Waals surface area contributed by atoms with Crippen LogP contribution in [0.1, 0.15) is 28.2 Å². The molecule has 1 fully saturated rings. The van der Waals surface area contributed by atoms with Gasteiger partial charge in [-0.1, -0.05) is 36.4 Å². The lowest BCUT2D eigenvalue weighted by Gasteiger charge is -2.07. The predicted molar refractivity (Wildman–Crippen MR) is 107 cm³/mol. The highest BCUT2D eigenvalue weighted by Crippen LogP contribution is 2.30. The van der Waals surface area contributed by atoms with E-state index in [-0.39, 0.29) is 17.7 Å². The van der Waals surface area contributed by atoms with Gasteiger partial charge in [-0.15, -0.1) is 11.3 Å². The summed E-state index contributed by atoms with van der Waals surface area (Å²) in [6, 6.07) is 17.0. The van der Waals surface area contributed by atoms with Crippen LogP contribution in [-0.4, -0.2) is 16.8 Å². The number of amides is 2. The topological polar surface area (TPSA) is 71.1 Å². The maximum Gasteiger partial charge on any atom is 0.251 e. The minimum absolute atomic E-state index is 0.0313. The number of nitrogens with zero attached hydrogens (tertiary/aromatic N) is 1. The third kappa shape index (κ3) is 4.41. The van der Waals surface area contributed by atoms with Crippen molar-refractivity contribution in [2.24, 2.45) is 5.92 Å². The molecule has 4 rings (SSSR count). The Labute approximate surface area is 161 Å². The summed E-state index contributed by atoms with van der Waals surface area (Å²) in [6.45, 7) is 0.370. The number of carbonyl (C=O) groups is 2. The molecule has 1 saturated carbocycles. The second-order valence-corrected chi connectivity index (χ2v) is 7.46.